The van der Waals surface area contributed by atoms with Crippen LogP contribution in [0.2, 0.25) is 0 Å². The van der Waals surface area contributed by atoms with E-state index < -0.39 is 47.8 Å². The summed E-state index contributed by atoms with van der Waals surface area (Å²) in [6.45, 7) is 0.0321. The number of carbonyl (C=O) groups excluding carboxylic acids is 5. The summed E-state index contributed by atoms with van der Waals surface area (Å²) in [5.41, 5.74) is 7.25. The largest absolute Gasteiger partial charge is 0.369 e. The van der Waals surface area contributed by atoms with Gasteiger partial charge in [0.25, 0.3) is 5.91 Å². The molecule has 3 aromatic rings. The maximum atomic E-state index is 13.4. The Morgan fingerprint density at radius 1 is 0.711 bits per heavy atom. The van der Waals surface area contributed by atoms with Crippen molar-refractivity contribution < 1.29 is 24.0 Å². The standard InChI is InChI=1S/C29H30N4O5/c30-25(34)17-26(35)31-19-23(22-14-8-3-9-15-22)28(37)33-24(16-20-10-4-1-5-11-20)27(36)29(38)32-18-21-12-6-2-7-13-21/h1-15,23-24H,16-19H2,(H2,30,34)(H,31,35)(H,32,38)(H,33,37)/t23-,24-/m0/s1. The molecule has 9 nitrogen and oxygen atoms in total. The SMILES string of the molecule is NC(=O)CC(=O)NC[C@H](C(=O)N[C@@H](Cc1ccccc1)C(=O)C(=O)NCc1ccccc1)c1ccccc1. The molecular weight excluding hydrogens is 484 g/mol. The van der Waals surface area contributed by atoms with E-state index in [1.165, 1.54) is 0 Å². The van der Waals surface area contributed by atoms with Gasteiger partial charge in [-0.15, -0.1) is 0 Å². The van der Waals surface area contributed by atoms with Gasteiger partial charge in [0.15, 0.2) is 0 Å². The Morgan fingerprint density at radius 2 is 1.26 bits per heavy atom. The van der Waals surface area contributed by atoms with Gasteiger partial charge < -0.3 is 21.7 Å². The Kier molecular flexibility index (Phi) is 10.3. The molecule has 5 N–H and O–H groups in total. The highest BCUT2D eigenvalue weighted by molar-refractivity contribution is 6.38. The molecule has 0 aliphatic heterocycles. The zero-order valence-corrected chi connectivity index (χ0v) is 20.8. The Labute approximate surface area is 220 Å². The first-order valence-electron chi connectivity index (χ1n) is 12.1. The van der Waals surface area contributed by atoms with E-state index in [1.54, 1.807) is 54.6 Å². The van der Waals surface area contributed by atoms with E-state index in [2.05, 4.69) is 16.0 Å². The van der Waals surface area contributed by atoms with Gasteiger partial charge in [0, 0.05) is 19.5 Å². The fourth-order valence-electron chi connectivity index (χ4n) is 3.84. The Morgan fingerprint density at radius 3 is 1.84 bits per heavy atom. The van der Waals surface area contributed by atoms with Gasteiger partial charge in [0.2, 0.25) is 23.5 Å². The van der Waals surface area contributed by atoms with Crippen molar-refractivity contribution in [2.24, 2.45) is 5.73 Å². The molecule has 0 aromatic heterocycles. The molecule has 4 amide bonds. The number of hydrogen-bond acceptors (Lipinski definition) is 5. The molecule has 0 saturated carbocycles. The van der Waals surface area contributed by atoms with E-state index >= 15 is 0 Å². The lowest BCUT2D eigenvalue weighted by atomic mass is 9.95. The summed E-state index contributed by atoms with van der Waals surface area (Å²) in [6.07, 6.45) is -0.417. The molecule has 3 rings (SSSR count). The molecule has 2 atom stereocenters. The van der Waals surface area contributed by atoms with E-state index in [9.17, 15) is 24.0 Å². The van der Waals surface area contributed by atoms with Crippen LogP contribution in [0.5, 0.6) is 0 Å². The van der Waals surface area contributed by atoms with Crippen LogP contribution in [0.3, 0.4) is 0 Å². The lowest BCUT2D eigenvalue weighted by Gasteiger charge is -2.23. The van der Waals surface area contributed by atoms with E-state index in [4.69, 9.17) is 5.73 Å². The molecular formula is C29H30N4O5. The molecule has 0 fully saturated rings. The van der Waals surface area contributed by atoms with Crippen LogP contribution in [0.1, 0.15) is 29.0 Å². The Bertz CT molecular complexity index is 1250. The highest BCUT2D eigenvalue weighted by Crippen LogP contribution is 2.16. The average molecular weight is 515 g/mol. The topological polar surface area (TPSA) is 147 Å². The van der Waals surface area contributed by atoms with Crippen LogP contribution >= 0.6 is 0 Å². The van der Waals surface area contributed by atoms with Gasteiger partial charge in [-0.2, -0.15) is 0 Å². The molecule has 0 unspecified atom stereocenters. The number of benzene rings is 3. The molecule has 9 heteroatoms. The first-order valence-corrected chi connectivity index (χ1v) is 12.1. The summed E-state index contributed by atoms with van der Waals surface area (Å²) in [4.78, 5) is 62.5. The van der Waals surface area contributed by atoms with Gasteiger partial charge >= 0.3 is 0 Å². The zero-order valence-electron chi connectivity index (χ0n) is 20.8. The molecule has 38 heavy (non-hydrogen) atoms. The van der Waals surface area contributed by atoms with Crippen LogP contribution in [0, 0.1) is 0 Å². The lowest BCUT2D eigenvalue weighted by Crippen LogP contribution is -2.50. The fourth-order valence-corrected chi connectivity index (χ4v) is 3.84. The van der Waals surface area contributed by atoms with Gasteiger partial charge in [0.1, 0.15) is 12.5 Å². The number of rotatable bonds is 13. The molecule has 0 spiro atoms. The van der Waals surface area contributed by atoms with E-state index in [0.29, 0.717) is 5.56 Å². The van der Waals surface area contributed by atoms with Gasteiger partial charge in [-0.3, -0.25) is 24.0 Å². The summed E-state index contributed by atoms with van der Waals surface area (Å²) in [7, 11) is 0. The normalized spacial score (nSPS) is 12.0. The predicted molar refractivity (Wildman–Crippen MR) is 141 cm³/mol. The van der Waals surface area contributed by atoms with Crippen molar-refractivity contribution >= 4 is 29.4 Å². The average Bonchev–Trinajstić information content (AvgIpc) is 2.92. The molecule has 0 aliphatic rings. The van der Waals surface area contributed by atoms with E-state index in [0.717, 1.165) is 11.1 Å². The lowest BCUT2D eigenvalue weighted by molar-refractivity contribution is -0.140. The quantitative estimate of drug-likeness (QED) is 0.201. The van der Waals surface area contributed by atoms with E-state index in [-0.39, 0.29) is 19.5 Å². The first-order chi connectivity index (χ1) is 18.3. The maximum Gasteiger partial charge on any atom is 0.289 e. The minimum atomic E-state index is -1.15. The number of nitrogens with one attached hydrogen (secondary N) is 3. The third-order valence-electron chi connectivity index (χ3n) is 5.79. The van der Waals surface area contributed by atoms with E-state index in [1.807, 2.05) is 36.4 Å². The summed E-state index contributed by atoms with van der Waals surface area (Å²) < 4.78 is 0. The second kappa shape index (κ2) is 14.1. The van der Waals surface area contributed by atoms with Crippen LogP contribution in [0.4, 0.5) is 0 Å². The van der Waals surface area contributed by atoms with Crippen molar-refractivity contribution in [1.29, 1.82) is 0 Å². The number of carbonyl (C=O) groups is 5. The zero-order chi connectivity index (χ0) is 27.3. The highest BCUT2D eigenvalue weighted by Gasteiger charge is 2.30. The third kappa shape index (κ3) is 8.70. The second-order valence-electron chi connectivity index (χ2n) is 8.69. The molecule has 0 radical (unpaired) electrons. The number of amides is 4. The van der Waals surface area contributed by atoms with Crippen LogP contribution in [-0.2, 0) is 36.9 Å². The molecule has 3 aromatic carbocycles. The monoisotopic (exact) mass is 514 g/mol. The summed E-state index contributed by atoms with van der Waals surface area (Å²) in [5.74, 6) is -4.46. The minimum absolute atomic E-state index is 0.0969. The number of hydrogen-bond donors (Lipinski definition) is 4. The third-order valence-corrected chi connectivity index (χ3v) is 5.79. The molecule has 0 heterocycles. The minimum Gasteiger partial charge on any atom is -0.369 e. The summed E-state index contributed by atoms with van der Waals surface area (Å²) >= 11 is 0. The van der Waals surface area contributed by atoms with Crippen molar-refractivity contribution in [2.45, 2.75) is 31.3 Å². The molecule has 0 aliphatic carbocycles. The van der Waals surface area contributed by atoms with Gasteiger partial charge in [-0.05, 0) is 16.7 Å². The van der Waals surface area contributed by atoms with Crippen molar-refractivity contribution in [2.75, 3.05) is 6.54 Å². The Balaban J connectivity index is 1.78. The van der Waals surface area contributed by atoms with Gasteiger partial charge in [0.05, 0.1) is 5.92 Å². The predicted octanol–water partition coefficient (Wildman–Crippen LogP) is 1.37. The van der Waals surface area contributed by atoms with Crippen molar-refractivity contribution in [3.8, 4) is 0 Å². The molecule has 196 valence electrons. The maximum absolute atomic E-state index is 13.4. The first kappa shape index (κ1) is 27.8. The summed E-state index contributed by atoms with van der Waals surface area (Å²) in [6, 6.07) is 25.7. The van der Waals surface area contributed by atoms with Crippen molar-refractivity contribution in [3.05, 3.63) is 108 Å². The highest BCUT2D eigenvalue weighted by atomic mass is 16.2. The fraction of sp³-hybridized carbons (Fsp3) is 0.207. The summed E-state index contributed by atoms with van der Waals surface area (Å²) in [5, 5.41) is 7.87. The van der Waals surface area contributed by atoms with Crippen molar-refractivity contribution in [3.63, 3.8) is 0 Å². The van der Waals surface area contributed by atoms with Crippen LogP contribution in [-0.4, -0.2) is 42.0 Å². The van der Waals surface area contributed by atoms with Crippen LogP contribution in [0.25, 0.3) is 0 Å². The number of primary amides is 1. The smallest absolute Gasteiger partial charge is 0.289 e. The molecule has 0 bridgehead atoms. The van der Waals surface area contributed by atoms with Gasteiger partial charge in [-0.1, -0.05) is 91.0 Å². The second-order valence-corrected chi connectivity index (χ2v) is 8.69. The van der Waals surface area contributed by atoms with Crippen molar-refractivity contribution in [1.82, 2.24) is 16.0 Å². The number of ketones is 1. The van der Waals surface area contributed by atoms with Gasteiger partial charge in [-0.25, -0.2) is 0 Å². The number of nitrogens with two attached hydrogens (primary N) is 1. The number of Topliss-reactive ketones (excluding diaryl/α,β-unsaturated/α-hetero) is 1. The Hall–Kier alpha value is -4.79. The van der Waals surface area contributed by atoms with Crippen LogP contribution < -0.4 is 21.7 Å². The van der Waals surface area contributed by atoms with Crippen LogP contribution in [0.15, 0.2) is 91.0 Å². The molecule has 0 saturated heterocycles.